The van der Waals surface area contributed by atoms with Crippen molar-refractivity contribution in [1.82, 2.24) is 5.16 Å². The molecule has 0 amide bonds. The quantitative estimate of drug-likeness (QED) is 0.709. The lowest BCUT2D eigenvalue weighted by Crippen LogP contribution is -2.34. The fourth-order valence-electron chi connectivity index (χ4n) is 1.06. The standard InChI is InChI=1S/C9H14N2O3/c1-3-13-9(12)8(10)5-7-4-6(2)11-14-7/h4,8H,3,5,10H2,1-2H3/t8-/m0/s1. The third-order valence-electron chi connectivity index (χ3n) is 1.69. The molecule has 0 radical (unpaired) electrons. The van der Waals surface area contributed by atoms with Gasteiger partial charge in [-0.3, -0.25) is 4.79 Å². The van der Waals surface area contributed by atoms with E-state index >= 15 is 0 Å². The first-order valence-corrected chi connectivity index (χ1v) is 4.48. The lowest BCUT2D eigenvalue weighted by molar-refractivity contribution is -0.144. The number of carbonyl (C=O) groups is 1. The van der Waals surface area contributed by atoms with Gasteiger partial charge < -0.3 is 15.0 Å². The van der Waals surface area contributed by atoms with Crippen LogP contribution in [0.15, 0.2) is 10.6 Å². The van der Waals surface area contributed by atoms with E-state index in [1.807, 2.05) is 6.92 Å². The first-order valence-electron chi connectivity index (χ1n) is 4.48. The van der Waals surface area contributed by atoms with Crippen molar-refractivity contribution in [3.63, 3.8) is 0 Å². The Labute approximate surface area is 82.2 Å². The van der Waals surface area contributed by atoms with Gasteiger partial charge in [0.1, 0.15) is 11.8 Å². The van der Waals surface area contributed by atoms with Crippen LogP contribution in [0, 0.1) is 6.92 Å². The molecule has 0 aliphatic heterocycles. The summed E-state index contributed by atoms with van der Waals surface area (Å²) < 4.78 is 9.68. The van der Waals surface area contributed by atoms with Gasteiger partial charge in [0.05, 0.1) is 12.3 Å². The second-order valence-corrected chi connectivity index (χ2v) is 3.00. The number of ether oxygens (including phenoxy) is 1. The van der Waals surface area contributed by atoms with Gasteiger partial charge in [0.15, 0.2) is 0 Å². The molecule has 0 saturated heterocycles. The van der Waals surface area contributed by atoms with Crippen molar-refractivity contribution in [2.24, 2.45) is 5.73 Å². The number of hydrogen-bond acceptors (Lipinski definition) is 5. The van der Waals surface area contributed by atoms with Crippen molar-refractivity contribution in [3.05, 3.63) is 17.5 Å². The molecule has 1 rings (SSSR count). The fraction of sp³-hybridized carbons (Fsp3) is 0.556. The van der Waals surface area contributed by atoms with E-state index in [4.69, 9.17) is 15.0 Å². The second-order valence-electron chi connectivity index (χ2n) is 3.00. The van der Waals surface area contributed by atoms with E-state index in [0.717, 1.165) is 5.69 Å². The third kappa shape index (κ3) is 2.85. The van der Waals surface area contributed by atoms with E-state index in [2.05, 4.69) is 5.16 Å². The number of aromatic nitrogens is 1. The number of nitrogens with two attached hydrogens (primary N) is 1. The zero-order chi connectivity index (χ0) is 10.6. The van der Waals surface area contributed by atoms with Crippen LogP contribution in [-0.2, 0) is 16.0 Å². The maximum atomic E-state index is 11.1. The number of esters is 1. The van der Waals surface area contributed by atoms with E-state index in [1.54, 1.807) is 13.0 Å². The second kappa shape index (κ2) is 4.76. The smallest absolute Gasteiger partial charge is 0.323 e. The molecule has 1 aromatic heterocycles. The van der Waals surface area contributed by atoms with Gasteiger partial charge in [0.2, 0.25) is 0 Å². The van der Waals surface area contributed by atoms with Gasteiger partial charge in [0, 0.05) is 12.5 Å². The van der Waals surface area contributed by atoms with Crippen molar-refractivity contribution in [2.75, 3.05) is 6.61 Å². The van der Waals surface area contributed by atoms with Crippen LogP contribution in [0.5, 0.6) is 0 Å². The molecule has 1 aromatic rings. The maximum Gasteiger partial charge on any atom is 0.323 e. The maximum absolute atomic E-state index is 11.1. The topological polar surface area (TPSA) is 78.4 Å². The van der Waals surface area contributed by atoms with Gasteiger partial charge in [-0.05, 0) is 13.8 Å². The number of carbonyl (C=O) groups excluding carboxylic acids is 1. The van der Waals surface area contributed by atoms with Gasteiger partial charge in [0.25, 0.3) is 0 Å². The molecule has 0 unspecified atom stereocenters. The summed E-state index contributed by atoms with van der Waals surface area (Å²) in [6, 6.07) is 1.07. The predicted octanol–water partition coefficient (Wildman–Crippen LogP) is 0.416. The first-order chi connectivity index (χ1) is 6.63. The van der Waals surface area contributed by atoms with Crippen molar-refractivity contribution in [1.29, 1.82) is 0 Å². The van der Waals surface area contributed by atoms with Gasteiger partial charge in [-0.1, -0.05) is 5.16 Å². The normalized spacial score (nSPS) is 12.5. The number of hydrogen-bond donors (Lipinski definition) is 1. The number of rotatable bonds is 4. The summed E-state index contributed by atoms with van der Waals surface area (Å²) >= 11 is 0. The largest absolute Gasteiger partial charge is 0.465 e. The zero-order valence-electron chi connectivity index (χ0n) is 8.32. The lowest BCUT2D eigenvalue weighted by Gasteiger charge is -2.07. The Hall–Kier alpha value is -1.36. The highest BCUT2D eigenvalue weighted by Crippen LogP contribution is 2.05. The van der Waals surface area contributed by atoms with Gasteiger partial charge in [-0.25, -0.2) is 0 Å². The van der Waals surface area contributed by atoms with Crippen LogP contribution in [0.1, 0.15) is 18.4 Å². The molecule has 5 nitrogen and oxygen atoms in total. The average Bonchev–Trinajstić information content (AvgIpc) is 2.51. The Morgan fingerprint density at radius 3 is 3.00 bits per heavy atom. The Bertz CT molecular complexity index is 309. The Kier molecular flexibility index (Phi) is 3.64. The molecule has 1 atom stereocenters. The molecule has 0 aliphatic carbocycles. The third-order valence-corrected chi connectivity index (χ3v) is 1.69. The molecule has 0 spiro atoms. The summed E-state index contributed by atoms with van der Waals surface area (Å²) in [4.78, 5) is 11.1. The van der Waals surface area contributed by atoms with Crippen LogP contribution < -0.4 is 5.73 Å². The van der Waals surface area contributed by atoms with Crippen LogP contribution >= 0.6 is 0 Å². The van der Waals surface area contributed by atoms with Gasteiger partial charge >= 0.3 is 5.97 Å². The first kappa shape index (κ1) is 10.7. The lowest BCUT2D eigenvalue weighted by atomic mass is 10.2. The molecular weight excluding hydrogens is 184 g/mol. The van der Waals surface area contributed by atoms with Gasteiger partial charge in [-0.2, -0.15) is 0 Å². The van der Waals surface area contributed by atoms with Crippen LogP contribution in [0.4, 0.5) is 0 Å². The monoisotopic (exact) mass is 198 g/mol. The number of nitrogens with zero attached hydrogens (tertiary/aromatic N) is 1. The summed E-state index contributed by atoms with van der Waals surface area (Å²) in [5.74, 6) is 0.185. The van der Waals surface area contributed by atoms with Crippen LogP contribution in [0.25, 0.3) is 0 Å². The number of aryl methyl sites for hydroxylation is 1. The average molecular weight is 198 g/mol. The molecule has 2 N–H and O–H groups in total. The molecule has 78 valence electrons. The molecular formula is C9H14N2O3. The van der Waals surface area contributed by atoms with E-state index in [-0.39, 0.29) is 0 Å². The Morgan fingerprint density at radius 2 is 2.50 bits per heavy atom. The highest BCUT2D eigenvalue weighted by Gasteiger charge is 2.17. The highest BCUT2D eigenvalue weighted by atomic mass is 16.5. The molecule has 0 saturated carbocycles. The predicted molar refractivity (Wildman–Crippen MR) is 49.6 cm³/mol. The van der Waals surface area contributed by atoms with Crippen molar-refractivity contribution in [3.8, 4) is 0 Å². The van der Waals surface area contributed by atoms with Crippen molar-refractivity contribution >= 4 is 5.97 Å². The van der Waals surface area contributed by atoms with Crippen molar-refractivity contribution in [2.45, 2.75) is 26.3 Å². The molecule has 0 aliphatic rings. The summed E-state index contributed by atoms with van der Waals surface area (Å²) in [6.07, 6.45) is 0.319. The molecule has 5 heteroatoms. The summed E-state index contributed by atoms with van der Waals surface area (Å²) in [5, 5.41) is 3.69. The SMILES string of the molecule is CCOC(=O)[C@@H](N)Cc1cc(C)no1. The molecule has 0 fully saturated rings. The Morgan fingerprint density at radius 1 is 1.79 bits per heavy atom. The summed E-state index contributed by atoms with van der Waals surface area (Å²) in [7, 11) is 0. The molecule has 0 bridgehead atoms. The summed E-state index contributed by atoms with van der Waals surface area (Å²) in [5.41, 5.74) is 6.36. The van der Waals surface area contributed by atoms with E-state index in [0.29, 0.717) is 18.8 Å². The molecule has 0 aromatic carbocycles. The molecule has 1 heterocycles. The van der Waals surface area contributed by atoms with Crippen molar-refractivity contribution < 1.29 is 14.1 Å². The molecule has 14 heavy (non-hydrogen) atoms. The summed E-state index contributed by atoms with van der Waals surface area (Å²) in [6.45, 7) is 3.88. The highest BCUT2D eigenvalue weighted by molar-refractivity contribution is 5.75. The minimum atomic E-state index is -0.678. The van der Waals surface area contributed by atoms with Crippen LogP contribution in [-0.4, -0.2) is 23.8 Å². The van der Waals surface area contributed by atoms with Crippen LogP contribution in [0.3, 0.4) is 0 Å². The van der Waals surface area contributed by atoms with Crippen LogP contribution in [0.2, 0.25) is 0 Å². The van der Waals surface area contributed by atoms with E-state index in [9.17, 15) is 4.79 Å². The minimum Gasteiger partial charge on any atom is -0.465 e. The van der Waals surface area contributed by atoms with E-state index < -0.39 is 12.0 Å². The Balaban J connectivity index is 2.48. The van der Waals surface area contributed by atoms with Gasteiger partial charge in [-0.15, -0.1) is 0 Å². The van der Waals surface area contributed by atoms with E-state index in [1.165, 1.54) is 0 Å². The fourth-order valence-corrected chi connectivity index (χ4v) is 1.06. The zero-order valence-corrected chi connectivity index (χ0v) is 8.32. The minimum absolute atomic E-state index is 0.319.